The third-order valence-corrected chi connectivity index (χ3v) is 4.59. The number of carbonyl (C=O) groups is 2. The number of amides is 1. The summed E-state index contributed by atoms with van der Waals surface area (Å²) in [7, 11) is 0. The molecule has 1 spiro atoms. The first-order chi connectivity index (χ1) is 8.25. The molecule has 2 aliphatic rings. The van der Waals surface area contributed by atoms with Crippen molar-refractivity contribution in [3.8, 4) is 0 Å². The first-order valence-electron chi connectivity index (χ1n) is 5.91. The van der Waals surface area contributed by atoms with Crippen molar-refractivity contribution in [1.82, 2.24) is 0 Å². The monoisotopic (exact) mass is 250 g/mol. The zero-order valence-corrected chi connectivity index (χ0v) is 10.2. The van der Waals surface area contributed by atoms with Crippen molar-refractivity contribution >= 4 is 34.9 Å². The number of hydrogen-bond donors (Lipinski definition) is 2. The molecule has 5 heteroatoms. The van der Waals surface area contributed by atoms with E-state index in [1.54, 1.807) is 0 Å². The van der Waals surface area contributed by atoms with Crippen LogP contribution < -0.4 is 10.6 Å². The van der Waals surface area contributed by atoms with Gasteiger partial charge in [-0.05, 0) is 12.8 Å². The molecule has 1 fully saturated rings. The molecule has 2 N–H and O–H groups in total. The van der Waals surface area contributed by atoms with Crippen LogP contribution >= 0.6 is 11.3 Å². The van der Waals surface area contributed by atoms with E-state index in [-0.39, 0.29) is 5.91 Å². The molecule has 17 heavy (non-hydrogen) atoms. The summed E-state index contributed by atoms with van der Waals surface area (Å²) in [4.78, 5) is 23.8. The molecule has 0 atom stereocenters. The van der Waals surface area contributed by atoms with Crippen LogP contribution in [0.3, 0.4) is 0 Å². The predicted octanol–water partition coefficient (Wildman–Crippen LogP) is 2.63. The Balaban J connectivity index is 2.00. The SMILES string of the molecule is O=Cc1scc2c1NC1(CCCCC1)C(=O)N2. The molecule has 0 aromatic carbocycles. The smallest absolute Gasteiger partial charge is 0.250 e. The topological polar surface area (TPSA) is 58.2 Å². The molecule has 0 saturated heterocycles. The normalized spacial score (nSPS) is 21.5. The van der Waals surface area contributed by atoms with Crippen LogP contribution in [0.15, 0.2) is 5.38 Å². The van der Waals surface area contributed by atoms with Gasteiger partial charge < -0.3 is 10.6 Å². The third-order valence-electron chi connectivity index (χ3n) is 3.68. The number of hydrogen-bond acceptors (Lipinski definition) is 4. The molecule has 0 bridgehead atoms. The molecule has 1 aromatic rings. The van der Waals surface area contributed by atoms with Crippen LogP contribution in [-0.4, -0.2) is 17.7 Å². The molecule has 0 unspecified atom stereocenters. The number of anilines is 2. The highest BCUT2D eigenvalue weighted by atomic mass is 32.1. The fraction of sp³-hybridized carbons (Fsp3) is 0.500. The van der Waals surface area contributed by atoms with Gasteiger partial charge in [0.25, 0.3) is 0 Å². The quantitative estimate of drug-likeness (QED) is 0.753. The minimum Gasteiger partial charge on any atom is -0.368 e. The van der Waals surface area contributed by atoms with E-state index in [2.05, 4.69) is 10.6 Å². The highest BCUT2D eigenvalue weighted by Gasteiger charge is 2.43. The lowest BCUT2D eigenvalue weighted by molar-refractivity contribution is -0.121. The van der Waals surface area contributed by atoms with Crippen molar-refractivity contribution < 1.29 is 9.59 Å². The molecule has 0 radical (unpaired) electrons. The summed E-state index contributed by atoms with van der Waals surface area (Å²) < 4.78 is 0. The third kappa shape index (κ3) is 1.57. The maximum atomic E-state index is 12.2. The Morgan fingerprint density at radius 1 is 1.29 bits per heavy atom. The number of aldehydes is 1. The molecule has 1 aromatic heterocycles. The molecule has 2 heterocycles. The predicted molar refractivity (Wildman–Crippen MR) is 67.8 cm³/mol. The van der Waals surface area contributed by atoms with Crippen LogP contribution in [0.25, 0.3) is 0 Å². The molecule has 1 saturated carbocycles. The van der Waals surface area contributed by atoms with Crippen molar-refractivity contribution in [2.24, 2.45) is 0 Å². The first kappa shape index (κ1) is 10.8. The van der Waals surface area contributed by atoms with Crippen LogP contribution in [0, 0.1) is 0 Å². The fourth-order valence-corrected chi connectivity index (χ4v) is 3.48. The summed E-state index contributed by atoms with van der Waals surface area (Å²) in [6, 6.07) is 0. The molecule has 1 amide bonds. The summed E-state index contributed by atoms with van der Waals surface area (Å²) >= 11 is 1.37. The summed E-state index contributed by atoms with van der Waals surface area (Å²) in [5, 5.41) is 8.07. The van der Waals surface area contributed by atoms with Gasteiger partial charge in [-0.3, -0.25) is 9.59 Å². The number of rotatable bonds is 1. The standard InChI is InChI=1S/C12H14N2O2S/c15-6-9-10-8(7-17-9)13-11(16)12(14-10)4-2-1-3-5-12/h6-7,14H,1-5H2,(H,13,16). The largest absolute Gasteiger partial charge is 0.368 e. The second-order valence-electron chi connectivity index (χ2n) is 4.73. The Bertz CT molecular complexity index is 475. The Kier molecular flexibility index (Phi) is 2.43. The van der Waals surface area contributed by atoms with Gasteiger partial charge in [0.05, 0.1) is 16.3 Å². The number of thiophene rings is 1. The van der Waals surface area contributed by atoms with Gasteiger partial charge in [-0.25, -0.2) is 0 Å². The average Bonchev–Trinajstić information content (AvgIpc) is 2.73. The van der Waals surface area contributed by atoms with Gasteiger partial charge in [-0.15, -0.1) is 11.3 Å². The van der Waals surface area contributed by atoms with Gasteiger partial charge in [0, 0.05) is 5.38 Å². The van der Waals surface area contributed by atoms with Crippen molar-refractivity contribution in [3.05, 3.63) is 10.3 Å². The fourth-order valence-electron chi connectivity index (χ4n) is 2.73. The second kappa shape index (κ2) is 3.84. The van der Waals surface area contributed by atoms with Crippen molar-refractivity contribution in [2.75, 3.05) is 10.6 Å². The van der Waals surface area contributed by atoms with Gasteiger partial charge in [-0.2, -0.15) is 0 Å². The van der Waals surface area contributed by atoms with Gasteiger partial charge in [0.2, 0.25) is 5.91 Å². The van der Waals surface area contributed by atoms with Crippen LogP contribution in [0.2, 0.25) is 0 Å². The minimum atomic E-state index is -0.482. The number of fused-ring (bicyclic) bond motifs is 1. The Morgan fingerprint density at radius 3 is 2.76 bits per heavy atom. The van der Waals surface area contributed by atoms with Gasteiger partial charge in [0.15, 0.2) is 6.29 Å². The molecular weight excluding hydrogens is 236 g/mol. The molecule has 1 aliphatic heterocycles. The zero-order chi connectivity index (χ0) is 11.9. The zero-order valence-electron chi connectivity index (χ0n) is 9.41. The molecular formula is C12H14N2O2S. The van der Waals surface area contributed by atoms with Crippen molar-refractivity contribution in [3.63, 3.8) is 0 Å². The van der Waals surface area contributed by atoms with Crippen LogP contribution in [0.1, 0.15) is 41.8 Å². The maximum Gasteiger partial charge on any atom is 0.250 e. The van der Waals surface area contributed by atoms with E-state index in [0.717, 1.165) is 43.3 Å². The maximum absolute atomic E-state index is 12.2. The molecule has 90 valence electrons. The summed E-state index contributed by atoms with van der Waals surface area (Å²) in [6.45, 7) is 0. The summed E-state index contributed by atoms with van der Waals surface area (Å²) in [5.74, 6) is 0.0555. The number of nitrogens with one attached hydrogen (secondary N) is 2. The van der Waals surface area contributed by atoms with E-state index in [0.29, 0.717) is 4.88 Å². The van der Waals surface area contributed by atoms with Gasteiger partial charge in [-0.1, -0.05) is 19.3 Å². The van der Waals surface area contributed by atoms with E-state index in [1.807, 2.05) is 5.38 Å². The van der Waals surface area contributed by atoms with Crippen molar-refractivity contribution in [2.45, 2.75) is 37.6 Å². The lowest BCUT2D eigenvalue weighted by Crippen LogP contribution is -2.53. The van der Waals surface area contributed by atoms with E-state index in [9.17, 15) is 9.59 Å². The molecule has 3 rings (SSSR count). The van der Waals surface area contributed by atoms with Gasteiger partial charge in [0.1, 0.15) is 5.54 Å². The lowest BCUT2D eigenvalue weighted by Gasteiger charge is -2.40. The van der Waals surface area contributed by atoms with Crippen LogP contribution in [0.4, 0.5) is 11.4 Å². The van der Waals surface area contributed by atoms with Crippen LogP contribution in [-0.2, 0) is 4.79 Å². The first-order valence-corrected chi connectivity index (χ1v) is 6.79. The average molecular weight is 250 g/mol. The van der Waals surface area contributed by atoms with E-state index in [4.69, 9.17) is 0 Å². The van der Waals surface area contributed by atoms with Crippen molar-refractivity contribution in [1.29, 1.82) is 0 Å². The highest BCUT2D eigenvalue weighted by Crippen LogP contribution is 2.42. The summed E-state index contributed by atoms with van der Waals surface area (Å²) in [5.41, 5.74) is 1.08. The Morgan fingerprint density at radius 2 is 2.06 bits per heavy atom. The second-order valence-corrected chi connectivity index (χ2v) is 5.64. The van der Waals surface area contributed by atoms with Gasteiger partial charge >= 0.3 is 0 Å². The van der Waals surface area contributed by atoms with E-state index in [1.165, 1.54) is 17.8 Å². The van der Waals surface area contributed by atoms with E-state index < -0.39 is 5.54 Å². The Hall–Kier alpha value is -1.36. The minimum absolute atomic E-state index is 0.0555. The number of carbonyl (C=O) groups excluding carboxylic acids is 2. The lowest BCUT2D eigenvalue weighted by atomic mass is 9.79. The highest BCUT2D eigenvalue weighted by molar-refractivity contribution is 7.13. The molecule has 4 nitrogen and oxygen atoms in total. The van der Waals surface area contributed by atoms with E-state index >= 15 is 0 Å². The Labute approximate surface area is 103 Å². The van der Waals surface area contributed by atoms with Crippen LogP contribution in [0.5, 0.6) is 0 Å². The molecule has 1 aliphatic carbocycles. The summed E-state index contributed by atoms with van der Waals surface area (Å²) in [6.07, 6.45) is 5.88.